The van der Waals surface area contributed by atoms with Crippen LogP contribution in [0.3, 0.4) is 0 Å². The minimum Gasteiger partial charge on any atom is -0.295 e. The standard InChI is InChI=1S/C10H12OS/c1-3-9(7-8(2)11)10-5-4-6-12-10/h4-7H,3H2,1-2H3/b9-7-. The Labute approximate surface area is 76.7 Å². The maximum atomic E-state index is 10.8. The molecule has 0 spiro atoms. The summed E-state index contributed by atoms with van der Waals surface area (Å²) in [6, 6.07) is 4.05. The van der Waals surface area contributed by atoms with Crippen LogP contribution in [0.5, 0.6) is 0 Å². The molecule has 0 unspecified atom stereocenters. The van der Waals surface area contributed by atoms with E-state index in [1.54, 1.807) is 24.3 Å². The fourth-order valence-electron chi connectivity index (χ4n) is 1.05. The highest BCUT2D eigenvalue weighted by atomic mass is 32.1. The summed E-state index contributed by atoms with van der Waals surface area (Å²) in [5.74, 6) is 0.125. The van der Waals surface area contributed by atoms with Crippen molar-refractivity contribution in [3.05, 3.63) is 28.5 Å². The maximum Gasteiger partial charge on any atom is 0.152 e. The molecule has 1 aromatic heterocycles. The molecule has 2 heteroatoms. The van der Waals surface area contributed by atoms with Crippen molar-refractivity contribution < 1.29 is 4.79 Å². The molecule has 0 fully saturated rings. The van der Waals surface area contributed by atoms with Gasteiger partial charge in [-0.2, -0.15) is 0 Å². The fourth-order valence-corrected chi connectivity index (χ4v) is 1.87. The first-order valence-electron chi connectivity index (χ1n) is 3.99. The monoisotopic (exact) mass is 180 g/mol. The molecule has 0 N–H and O–H groups in total. The van der Waals surface area contributed by atoms with Gasteiger partial charge in [0.1, 0.15) is 0 Å². The van der Waals surface area contributed by atoms with Crippen LogP contribution in [-0.2, 0) is 4.79 Å². The number of ketones is 1. The van der Waals surface area contributed by atoms with Crippen LogP contribution in [0.25, 0.3) is 5.57 Å². The lowest BCUT2D eigenvalue weighted by Gasteiger charge is -1.98. The minimum atomic E-state index is 0.125. The Morgan fingerprint density at radius 2 is 2.42 bits per heavy atom. The van der Waals surface area contributed by atoms with Crippen LogP contribution in [0.1, 0.15) is 25.1 Å². The van der Waals surface area contributed by atoms with Crippen LogP contribution >= 0.6 is 11.3 Å². The van der Waals surface area contributed by atoms with Crippen molar-refractivity contribution in [2.75, 3.05) is 0 Å². The van der Waals surface area contributed by atoms with Crippen LogP contribution in [-0.4, -0.2) is 5.78 Å². The summed E-state index contributed by atoms with van der Waals surface area (Å²) in [5.41, 5.74) is 1.14. The molecule has 0 aliphatic rings. The van der Waals surface area contributed by atoms with Crippen molar-refractivity contribution >= 4 is 22.7 Å². The summed E-state index contributed by atoms with van der Waals surface area (Å²) in [6.45, 7) is 3.65. The third kappa shape index (κ3) is 2.31. The van der Waals surface area contributed by atoms with Gasteiger partial charge in [0.15, 0.2) is 5.78 Å². The number of carbonyl (C=O) groups is 1. The van der Waals surface area contributed by atoms with Crippen LogP contribution in [0.2, 0.25) is 0 Å². The predicted molar refractivity (Wildman–Crippen MR) is 53.3 cm³/mol. The smallest absolute Gasteiger partial charge is 0.152 e. The average molecular weight is 180 g/mol. The lowest BCUT2D eigenvalue weighted by Crippen LogP contribution is -1.85. The van der Waals surface area contributed by atoms with E-state index in [-0.39, 0.29) is 5.78 Å². The van der Waals surface area contributed by atoms with Crippen molar-refractivity contribution in [2.45, 2.75) is 20.3 Å². The Hall–Kier alpha value is -0.890. The van der Waals surface area contributed by atoms with E-state index >= 15 is 0 Å². The zero-order valence-electron chi connectivity index (χ0n) is 7.33. The molecule has 1 nitrogen and oxygen atoms in total. The quantitative estimate of drug-likeness (QED) is 0.653. The van der Waals surface area contributed by atoms with E-state index in [1.165, 1.54) is 4.88 Å². The summed E-state index contributed by atoms with van der Waals surface area (Å²) >= 11 is 1.68. The Kier molecular flexibility index (Phi) is 3.23. The van der Waals surface area contributed by atoms with Crippen molar-refractivity contribution in [3.8, 4) is 0 Å². The first-order valence-corrected chi connectivity index (χ1v) is 4.87. The Morgan fingerprint density at radius 3 is 2.83 bits per heavy atom. The average Bonchev–Trinajstić information content (AvgIpc) is 2.51. The van der Waals surface area contributed by atoms with E-state index < -0.39 is 0 Å². The van der Waals surface area contributed by atoms with Gasteiger partial charge < -0.3 is 0 Å². The van der Waals surface area contributed by atoms with Crippen LogP contribution in [0.4, 0.5) is 0 Å². The molecule has 0 aliphatic carbocycles. The molecule has 0 amide bonds. The van der Waals surface area contributed by atoms with Gasteiger partial charge in [-0.05, 0) is 36.4 Å². The van der Waals surface area contributed by atoms with E-state index in [9.17, 15) is 4.79 Å². The second kappa shape index (κ2) is 4.21. The molecule has 0 aromatic carbocycles. The lowest BCUT2D eigenvalue weighted by atomic mass is 10.1. The number of hydrogen-bond acceptors (Lipinski definition) is 2. The first kappa shape index (κ1) is 9.20. The molecule has 1 rings (SSSR count). The van der Waals surface area contributed by atoms with Gasteiger partial charge in [-0.15, -0.1) is 11.3 Å². The number of thiophene rings is 1. The molecule has 0 aliphatic heterocycles. The summed E-state index contributed by atoms with van der Waals surface area (Å²) in [4.78, 5) is 12.0. The molecule has 0 saturated carbocycles. The summed E-state index contributed by atoms with van der Waals surface area (Å²) in [5, 5.41) is 2.03. The maximum absolute atomic E-state index is 10.8. The van der Waals surface area contributed by atoms with Crippen LogP contribution in [0, 0.1) is 0 Å². The van der Waals surface area contributed by atoms with Gasteiger partial charge in [0.05, 0.1) is 0 Å². The number of carbonyl (C=O) groups excluding carboxylic acids is 1. The van der Waals surface area contributed by atoms with Gasteiger partial charge in [-0.1, -0.05) is 13.0 Å². The molecule has 0 bridgehead atoms. The van der Waals surface area contributed by atoms with Gasteiger partial charge in [0.2, 0.25) is 0 Å². The van der Waals surface area contributed by atoms with Gasteiger partial charge in [-0.25, -0.2) is 0 Å². The number of hydrogen-bond donors (Lipinski definition) is 0. The normalized spacial score (nSPS) is 11.7. The van der Waals surface area contributed by atoms with Crippen LogP contribution < -0.4 is 0 Å². The highest BCUT2D eigenvalue weighted by Gasteiger charge is 2.00. The molecule has 1 heterocycles. The Morgan fingerprint density at radius 1 is 1.67 bits per heavy atom. The highest BCUT2D eigenvalue weighted by molar-refractivity contribution is 7.11. The lowest BCUT2D eigenvalue weighted by molar-refractivity contribution is -0.112. The minimum absolute atomic E-state index is 0.125. The zero-order chi connectivity index (χ0) is 8.97. The number of allylic oxidation sites excluding steroid dienone is 2. The third-order valence-corrected chi connectivity index (χ3v) is 2.54. The summed E-state index contributed by atoms with van der Waals surface area (Å²) in [7, 11) is 0. The van der Waals surface area contributed by atoms with Gasteiger partial charge in [0, 0.05) is 4.88 Å². The van der Waals surface area contributed by atoms with Gasteiger partial charge in [-0.3, -0.25) is 4.79 Å². The van der Waals surface area contributed by atoms with Gasteiger partial charge >= 0.3 is 0 Å². The largest absolute Gasteiger partial charge is 0.295 e. The van der Waals surface area contributed by atoms with Crippen molar-refractivity contribution in [1.29, 1.82) is 0 Å². The highest BCUT2D eigenvalue weighted by Crippen LogP contribution is 2.22. The Bertz CT molecular complexity index is 283. The second-order valence-electron chi connectivity index (χ2n) is 2.61. The molecule has 1 aromatic rings. The molecule has 64 valence electrons. The van der Waals surface area contributed by atoms with Crippen molar-refractivity contribution in [1.82, 2.24) is 0 Å². The third-order valence-electron chi connectivity index (χ3n) is 1.60. The van der Waals surface area contributed by atoms with Gasteiger partial charge in [0.25, 0.3) is 0 Å². The van der Waals surface area contributed by atoms with Crippen molar-refractivity contribution in [2.24, 2.45) is 0 Å². The van der Waals surface area contributed by atoms with Crippen LogP contribution in [0.15, 0.2) is 23.6 Å². The molecule has 0 atom stereocenters. The van der Waals surface area contributed by atoms with E-state index in [0.29, 0.717) is 0 Å². The van der Waals surface area contributed by atoms with E-state index in [0.717, 1.165) is 12.0 Å². The fraction of sp³-hybridized carbons (Fsp3) is 0.300. The van der Waals surface area contributed by atoms with E-state index in [2.05, 4.69) is 6.92 Å². The van der Waals surface area contributed by atoms with Crippen molar-refractivity contribution in [3.63, 3.8) is 0 Å². The molecule has 0 saturated heterocycles. The predicted octanol–water partition coefficient (Wildman–Crippen LogP) is 3.13. The zero-order valence-corrected chi connectivity index (χ0v) is 8.15. The molecular formula is C10H12OS. The SMILES string of the molecule is CC/C(=C/C(C)=O)c1cccs1. The van der Waals surface area contributed by atoms with E-state index in [1.807, 2.05) is 17.5 Å². The number of rotatable bonds is 3. The molecular weight excluding hydrogens is 168 g/mol. The topological polar surface area (TPSA) is 17.1 Å². The van der Waals surface area contributed by atoms with E-state index in [4.69, 9.17) is 0 Å². The second-order valence-corrected chi connectivity index (χ2v) is 3.56. The Balaban J connectivity index is 2.91. The molecule has 12 heavy (non-hydrogen) atoms. The summed E-state index contributed by atoms with van der Waals surface area (Å²) < 4.78 is 0. The first-order chi connectivity index (χ1) is 5.74. The summed E-state index contributed by atoms with van der Waals surface area (Å²) in [6.07, 6.45) is 2.63. The molecule has 0 radical (unpaired) electrons.